The standard InChI is InChI=1S/C14H19N3O/c18-14-7-6-13-11(9-16-17-13)12(14)8-15-10-4-2-1-3-5-10/h1-5,8,11-14,16-18H,6-7,9H2. The highest BCUT2D eigenvalue weighted by Gasteiger charge is 2.40. The van der Waals surface area contributed by atoms with E-state index < -0.39 is 0 Å². The number of aliphatic imine (C=N–C) groups is 1. The summed E-state index contributed by atoms with van der Waals surface area (Å²) in [7, 11) is 0. The van der Waals surface area contributed by atoms with Crippen molar-refractivity contribution in [3.05, 3.63) is 30.3 Å². The highest BCUT2D eigenvalue weighted by Crippen LogP contribution is 2.31. The van der Waals surface area contributed by atoms with Crippen LogP contribution >= 0.6 is 0 Å². The molecule has 4 atom stereocenters. The molecule has 0 aromatic heterocycles. The van der Waals surface area contributed by atoms with Crippen molar-refractivity contribution in [1.82, 2.24) is 10.9 Å². The van der Waals surface area contributed by atoms with E-state index in [1.165, 1.54) is 0 Å². The van der Waals surface area contributed by atoms with Gasteiger partial charge >= 0.3 is 0 Å². The van der Waals surface area contributed by atoms with Crippen molar-refractivity contribution in [3.63, 3.8) is 0 Å². The Morgan fingerprint density at radius 2 is 2.06 bits per heavy atom. The molecule has 0 spiro atoms. The lowest BCUT2D eigenvalue weighted by molar-refractivity contribution is 0.0675. The lowest BCUT2D eigenvalue weighted by Gasteiger charge is -2.34. The number of aliphatic hydroxyl groups excluding tert-OH is 1. The van der Waals surface area contributed by atoms with Crippen LogP contribution < -0.4 is 10.9 Å². The molecule has 1 heterocycles. The van der Waals surface area contributed by atoms with Crippen molar-refractivity contribution in [2.75, 3.05) is 6.54 Å². The summed E-state index contributed by atoms with van der Waals surface area (Å²) in [6.45, 7) is 0.910. The lowest BCUT2D eigenvalue weighted by Crippen LogP contribution is -2.43. The number of hydrogen-bond donors (Lipinski definition) is 3. The van der Waals surface area contributed by atoms with Crippen LogP contribution in [-0.4, -0.2) is 30.0 Å². The summed E-state index contributed by atoms with van der Waals surface area (Å²) in [6.07, 6.45) is 3.56. The number of nitrogens with one attached hydrogen (secondary N) is 2. The SMILES string of the molecule is OC1CCC2NNCC2C1C=Nc1ccccc1. The van der Waals surface area contributed by atoms with Gasteiger partial charge in [-0.1, -0.05) is 18.2 Å². The first kappa shape index (κ1) is 11.8. The highest BCUT2D eigenvalue weighted by atomic mass is 16.3. The van der Waals surface area contributed by atoms with Crippen molar-refractivity contribution in [2.45, 2.75) is 25.0 Å². The summed E-state index contributed by atoms with van der Waals surface area (Å²) in [5.74, 6) is 0.590. The maximum absolute atomic E-state index is 10.1. The Labute approximate surface area is 107 Å². The number of nitrogens with zero attached hydrogens (tertiary/aromatic N) is 1. The van der Waals surface area contributed by atoms with Crippen LogP contribution in [0.2, 0.25) is 0 Å². The predicted molar refractivity (Wildman–Crippen MR) is 71.7 cm³/mol. The third-order valence-corrected chi connectivity index (χ3v) is 4.01. The fraction of sp³-hybridized carbons (Fsp3) is 0.500. The van der Waals surface area contributed by atoms with Gasteiger partial charge in [0.2, 0.25) is 0 Å². The van der Waals surface area contributed by atoms with Gasteiger partial charge in [0, 0.05) is 24.7 Å². The second-order valence-electron chi connectivity index (χ2n) is 5.13. The van der Waals surface area contributed by atoms with Crippen LogP contribution in [0.25, 0.3) is 0 Å². The lowest BCUT2D eigenvalue weighted by atomic mass is 9.75. The molecule has 2 fully saturated rings. The first-order chi connectivity index (χ1) is 8.84. The van der Waals surface area contributed by atoms with Crippen molar-refractivity contribution in [1.29, 1.82) is 0 Å². The Morgan fingerprint density at radius 1 is 1.22 bits per heavy atom. The monoisotopic (exact) mass is 245 g/mol. The molecule has 2 aliphatic rings. The third-order valence-electron chi connectivity index (χ3n) is 4.01. The number of aliphatic hydroxyl groups is 1. The zero-order valence-corrected chi connectivity index (χ0v) is 10.3. The fourth-order valence-corrected chi connectivity index (χ4v) is 2.97. The van der Waals surface area contributed by atoms with E-state index in [9.17, 15) is 5.11 Å². The van der Waals surface area contributed by atoms with Gasteiger partial charge in [0.1, 0.15) is 0 Å². The molecule has 1 saturated carbocycles. The van der Waals surface area contributed by atoms with Crippen molar-refractivity contribution >= 4 is 11.9 Å². The molecule has 4 heteroatoms. The van der Waals surface area contributed by atoms with Gasteiger partial charge in [-0.25, -0.2) is 0 Å². The molecule has 4 nitrogen and oxygen atoms in total. The van der Waals surface area contributed by atoms with Crippen LogP contribution in [0.3, 0.4) is 0 Å². The molecular formula is C14H19N3O. The van der Waals surface area contributed by atoms with E-state index in [0.29, 0.717) is 12.0 Å². The van der Waals surface area contributed by atoms with Crippen LogP contribution in [0, 0.1) is 11.8 Å². The van der Waals surface area contributed by atoms with E-state index >= 15 is 0 Å². The molecule has 1 saturated heterocycles. The molecule has 0 radical (unpaired) electrons. The second-order valence-corrected chi connectivity index (χ2v) is 5.13. The van der Waals surface area contributed by atoms with Crippen molar-refractivity contribution in [2.24, 2.45) is 16.8 Å². The summed E-state index contributed by atoms with van der Waals surface area (Å²) in [5, 5.41) is 10.1. The number of para-hydroxylation sites is 1. The molecule has 0 amide bonds. The van der Waals surface area contributed by atoms with Gasteiger partial charge in [0.05, 0.1) is 11.8 Å². The molecule has 0 bridgehead atoms. The number of fused-ring (bicyclic) bond motifs is 1. The zero-order valence-electron chi connectivity index (χ0n) is 10.3. The quantitative estimate of drug-likeness (QED) is 0.687. The van der Waals surface area contributed by atoms with E-state index in [4.69, 9.17) is 0 Å². The van der Waals surface area contributed by atoms with E-state index in [-0.39, 0.29) is 12.0 Å². The summed E-state index contributed by atoms with van der Waals surface area (Å²) in [4.78, 5) is 4.50. The van der Waals surface area contributed by atoms with Crippen molar-refractivity contribution < 1.29 is 5.11 Å². The first-order valence-corrected chi connectivity index (χ1v) is 6.60. The molecule has 3 N–H and O–H groups in total. The predicted octanol–water partition coefficient (Wildman–Crippen LogP) is 1.25. The van der Waals surface area contributed by atoms with Gasteiger partial charge < -0.3 is 5.11 Å². The van der Waals surface area contributed by atoms with Crippen LogP contribution in [0.1, 0.15) is 12.8 Å². The first-order valence-electron chi connectivity index (χ1n) is 6.60. The minimum absolute atomic E-state index is 0.145. The topological polar surface area (TPSA) is 56.6 Å². The normalized spacial score (nSPS) is 35.8. The maximum Gasteiger partial charge on any atom is 0.0625 e. The number of rotatable bonds is 2. The molecule has 1 aliphatic heterocycles. The highest BCUT2D eigenvalue weighted by molar-refractivity contribution is 5.67. The number of hydrazine groups is 1. The fourth-order valence-electron chi connectivity index (χ4n) is 2.97. The Morgan fingerprint density at radius 3 is 2.89 bits per heavy atom. The van der Waals surface area contributed by atoms with E-state index in [0.717, 1.165) is 25.1 Å². The average molecular weight is 245 g/mol. The van der Waals surface area contributed by atoms with Gasteiger partial charge in [-0.15, -0.1) is 0 Å². The molecular weight excluding hydrogens is 226 g/mol. The summed E-state index contributed by atoms with van der Waals surface area (Å²) in [5.41, 5.74) is 7.42. The van der Waals surface area contributed by atoms with Gasteiger partial charge in [-0.2, -0.15) is 0 Å². The van der Waals surface area contributed by atoms with Gasteiger partial charge in [0.25, 0.3) is 0 Å². The Balaban J connectivity index is 1.75. The number of benzene rings is 1. The van der Waals surface area contributed by atoms with E-state index in [2.05, 4.69) is 15.8 Å². The smallest absolute Gasteiger partial charge is 0.0625 e. The van der Waals surface area contributed by atoms with Gasteiger partial charge in [-0.05, 0) is 30.9 Å². The number of hydrogen-bond acceptors (Lipinski definition) is 4. The van der Waals surface area contributed by atoms with Crippen LogP contribution in [0.15, 0.2) is 35.3 Å². The van der Waals surface area contributed by atoms with Gasteiger partial charge in [0.15, 0.2) is 0 Å². The third kappa shape index (κ3) is 2.32. The Bertz CT molecular complexity index is 420. The summed E-state index contributed by atoms with van der Waals surface area (Å²) in [6, 6.07) is 10.4. The molecule has 18 heavy (non-hydrogen) atoms. The minimum atomic E-state index is -0.264. The Kier molecular flexibility index (Phi) is 3.41. The summed E-state index contributed by atoms with van der Waals surface area (Å²) >= 11 is 0. The molecule has 4 unspecified atom stereocenters. The zero-order chi connectivity index (χ0) is 12.4. The molecule has 1 aromatic carbocycles. The Hall–Kier alpha value is -1.23. The van der Waals surface area contributed by atoms with E-state index in [1.807, 2.05) is 36.5 Å². The molecule has 1 aromatic rings. The summed E-state index contributed by atoms with van der Waals surface area (Å²) < 4.78 is 0. The van der Waals surface area contributed by atoms with Crippen LogP contribution in [0.4, 0.5) is 5.69 Å². The largest absolute Gasteiger partial charge is 0.392 e. The van der Waals surface area contributed by atoms with Crippen LogP contribution in [-0.2, 0) is 0 Å². The average Bonchev–Trinajstić information content (AvgIpc) is 2.87. The van der Waals surface area contributed by atoms with Gasteiger partial charge in [-0.3, -0.25) is 15.8 Å². The maximum atomic E-state index is 10.1. The molecule has 96 valence electrons. The molecule has 3 rings (SSSR count). The molecule has 1 aliphatic carbocycles. The van der Waals surface area contributed by atoms with E-state index in [1.54, 1.807) is 0 Å². The second kappa shape index (κ2) is 5.18. The van der Waals surface area contributed by atoms with Crippen molar-refractivity contribution in [3.8, 4) is 0 Å². The minimum Gasteiger partial charge on any atom is -0.392 e. The van der Waals surface area contributed by atoms with Crippen LogP contribution in [0.5, 0.6) is 0 Å².